The van der Waals surface area contributed by atoms with Crippen LogP contribution in [0.4, 0.5) is 4.39 Å². The molecule has 0 bridgehead atoms. The third kappa shape index (κ3) is 5.11. The van der Waals surface area contributed by atoms with Crippen LogP contribution in [0.5, 0.6) is 11.5 Å². The van der Waals surface area contributed by atoms with E-state index in [0.29, 0.717) is 17.1 Å². The first-order valence-corrected chi connectivity index (χ1v) is 9.53. The molecule has 3 aromatic rings. The smallest absolute Gasteiger partial charge is 0.347 e. The first kappa shape index (κ1) is 20.3. The van der Waals surface area contributed by atoms with E-state index in [4.69, 9.17) is 9.47 Å². The number of carbonyl (C=O) groups is 1. The molecule has 4 heteroatoms. The summed E-state index contributed by atoms with van der Waals surface area (Å²) in [5.74, 6) is -0.422. The van der Waals surface area contributed by atoms with Crippen molar-refractivity contribution in [2.24, 2.45) is 0 Å². The summed E-state index contributed by atoms with van der Waals surface area (Å²) >= 11 is 0. The van der Waals surface area contributed by atoms with Crippen LogP contribution < -0.4 is 9.47 Å². The van der Waals surface area contributed by atoms with Gasteiger partial charge in [-0.2, -0.15) is 0 Å². The average molecular weight is 390 g/mol. The minimum atomic E-state index is -0.651. The molecule has 0 aromatic heterocycles. The van der Waals surface area contributed by atoms with Gasteiger partial charge in [0.05, 0.1) is 0 Å². The van der Waals surface area contributed by atoms with Crippen molar-refractivity contribution in [2.45, 2.75) is 26.9 Å². The van der Waals surface area contributed by atoms with Crippen LogP contribution in [-0.4, -0.2) is 5.97 Å². The Morgan fingerprint density at radius 2 is 1.69 bits per heavy atom. The fraction of sp³-hybridized carbons (Fsp3) is 0.160. The number of rotatable bonds is 7. The number of para-hydroxylation sites is 1. The summed E-state index contributed by atoms with van der Waals surface area (Å²) in [6.07, 6.45) is 4.44. The molecule has 0 saturated carbocycles. The maximum atomic E-state index is 14.6. The van der Waals surface area contributed by atoms with Gasteiger partial charge in [-0.3, -0.25) is 0 Å². The minimum Gasteiger partial charge on any atom is -0.487 e. The van der Waals surface area contributed by atoms with Crippen LogP contribution in [0.25, 0.3) is 6.08 Å². The van der Waals surface area contributed by atoms with E-state index in [-0.39, 0.29) is 17.7 Å². The molecule has 3 rings (SSSR count). The monoisotopic (exact) mass is 390 g/mol. The lowest BCUT2D eigenvalue weighted by Crippen LogP contribution is -2.15. The van der Waals surface area contributed by atoms with Crippen LogP contribution in [0.2, 0.25) is 0 Å². The minimum absolute atomic E-state index is 0.0977. The largest absolute Gasteiger partial charge is 0.487 e. The fourth-order valence-corrected chi connectivity index (χ4v) is 2.89. The number of esters is 1. The zero-order chi connectivity index (χ0) is 20.6. The molecule has 0 N–H and O–H groups in total. The Morgan fingerprint density at radius 1 is 1.03 bits per heavy atom. The lowest BCUT2D eigenvalue weighted by atomic mass is 10.0. The predicted octanol–water partition coefficient (Wildman–Crippen LogP) is 6.36. The number of allylic oxidation sites excluding steroid dienone is 1. The molecule has 0 heterocycles. The van der Waals surface area contributed by atoms with E-state index in [1.807, 2.05) is 49.4 Å². The first-order valence-electron chi connectivity index (χ1n) is 9.53. The van der Waals surface area contributed by atoms with Crippen LogP contribution in [0, 0.1) is 12.7 Å². The van der Waals surface area contributed by atoms with Crippen molar-refractivity contribution in [2.75, 3.05) is 0 Å². The van der Waals surface area contributed by atoms with Gasteiger partial charge in [-0.1, -0.05) is 67.6 Å². The highest BCUT2D eigenvalue weighted by molar-refractivity contribution is 5.97. The van der Waals surface area contributed by atoms with Crippen molar-refractivity contribution in [3.05, 3.63) is 101 Å². The van der Waals surface area contributed by atoms with Crippen LogP contribution in [0.15, 0.2) is 72.8 Å². The van der Waals surface area contributed by atoms with Gasteiger partial charge < -0.3 is 9.47 Å². The van der Waals surface area contributed by atoms with Gasteiger partial charge in [-0.05, 0) is 37.1 Å². The second kappa shape index (κ2) is 9.69. The maximum absolute atomic E-state index is 14.6. The highest BCUT2D eigenvalue weighted by atomic mass is 19.1. The van der Waals surface area contributed by atoms with E-state index < -0.39 is 11.8 Å². The first-order chi connectivity index (χ1) is 14.1. The van der Waals surface area contributed by atoms with Gasteiger partial charge in [0, 0.05) is 11.1 Å². The summed E-state index contributed by atoms with van der Waals surface area (Å²) in [5, 5.41) is 0. The number of halogens is 1. The number of hydrogen-bond acceptors (Lipinski definition) is 3. The summed E-state index contributed by atoms with van der Waals surface area (Å²) in [6.45, 7) is 3.79. The standard InChI is InChI=1S/C25H23FO3/c1-3-4-13-20-16-22(26)18(2)23(25(27)29-21-14-9-6-10-15-21)24(20)28-17-19-11-7-5-8-12-19/h4-16H,3,17H2,1-2H3/b13-4+. The number of carbonyl (C=O) groups excluding carboxylic acids is 1. The molecule has 3 aromatic carbocycles. The maximum Gasteiger partial charge on any atom is 0.347 e. The molecule has 0 saturated heterocycles. The van der Waals surface area contributed by atoms with E-state index in [2.05, 4.69) is 0 Å². The molecule has 0 radical (unpaired) electrons. The molecule has 0 unspecified atom stereocenters. The summed E-state index contributed by atoms with van der Waals surface area (Å²) in [5.41, 5.74) is 1.75. The van der Waals surface area contributed by atoms with Gasteiger partial charge in [-0.25, -0.2) is 9.18 Å². The van der Waals surface area contributed by atoms with Crippen molar-refractivity contribution in [1.82, 2.24) is 0 Å². The predicted molar refractivity (Wildman–Crippen MR) is 113 cm³/mol. The molecule has 0 aliphatic rings. The molecular weight excluding hydrogens is 367 g/mol. The van der Waals surface area contributed by atoms with Crippen molar-refractivity contribution < 1.29 is 18.7 Å². The molecule has 0 spiro atoms. The molecule has 3 nitrogen and oxygen atoms in total. The molecule has 29 heavy (non-hydrogen) atoms. The van der Waals surface area contributed by atoms with Crippen molar-refractivity contribution in [3.8, 4) is 11.5 Å². The van der Waals surface area contributed by atoms with Crippen molar-refractivity contribution >= 4 is 12.0 Å². The van der Waals surface area contributed by atoms with E-state index in [1.54, 1.807) is 37.3 Å². The van der Waals surface area contributed by atoms with Gasteiger partial charge in [0.1, 0.15) is 29.5 Å². The Bertz CT molecular complexity index is 996. The van der Waals surface area contributed by atoms with Crippen LogP contribution in [0.3, 0.4) is 0 Å². The zero-order valence-electron chi connectivity index (χ0n) is 16.5. The highest BCUT2D eigenvalue weighted by Gasteiger charge is 2.24. The Hall–Kier alpha value is -3.40. The molecule has 148 valence electrons. The van der Waals surface area contributed by atoms with Crippen LogP contribution in [-0.2, 0) is 6.61 Å². The molecule has 0 atom stereocenters. The van der Waals surface area contributed by atoms with Crippen LogP contribution in [0.1, 0.15) is 40.4 Å². The topological polar surface area (TPSA) is 35.5 Å². The van der Waals surface area contributed by atoms with Gasteiger partial charge in [0.25, 0.3) is 0 Å². The Kier molecular flexibility index (Phi) is 6.80. The van der Waals surface area contributed by atoms with Gasteiger partial charge >= 0.3 is 5.97 Å². The molecule has 0 amide bonds. The summed E-state index contributed by atoms with van der Waals surface area (Å²) in [6, 6.07) is 19.7. The fourth-order valence-electron chi connectivity index (χ4n) is 2.89. The van der Waals surface area contributed by atoms with Crippen molar-refractivity contribution in [1.29, 1.82) is 0 Å². The highest BCUT2D eigenvalue weighted by Crippen LogP contribution is 2.32. The summed E-state index contributed by atoms with van der Waals surface area (Å²) < 4.78 is 26.1. The Balaban J connectivity index is 2.02. The Labute approximate surface area is 170 Å². The molecular formula is C25H23FO3. The SMILES string of the molecule is CC/C=C/c1cc(F)c(C)c(C(=O)Oc2ccccc2)c1OCc1ccccc1. The van der Waals surface area contributed by atoms with E-state index in [0.717, 1.165) is 12.0 Å². The van der Waals surface area contributed by atoms with E-state index in [9.17, 15) is 9.18 Å². The van der Waals surface area contributed by atoms with Gasteiger partial charge in [0.15, 0.2) is 0 Å². The number of benzene rings is 3. The van der Waals surface area contributed by atoms with E-state index >= 15 is 0 Å². The lowest BCUT2D eigenvalue weighted by Gasteiger charge is -2.17. The summed E-state index contributed by atoms with van der Waals surface area (Å²) in [4.78, 5) is 13.0. The number of hydrogen-bond donors (Lipinski definition) is 0. The lowest BCUT2D eigenvalue weighted by molar-refractivity contribution is 0.0728. The third-order valence-corrected chi connectivity index (χ3v) is 4.42. The molecule has 0 aliphatic heterocycles. The molecule has 0 fully saturated rings. The quantitative estimate of drug-likeness (QED) is 0.348. The normalized spacial score (nSPS) is 10.9. The second-order valence-corrected chi connectivity index (χ2v) is 6.56. The number of ether oxygens (including phenoxy) is 2. The van der Waals surface area contributed by atoms with Gasteiger partial charge in [-0.15, -0.1) is 0 Å². The van der Waals surface area contributed by atoms with E-state index in [1.165, 1.54) is 6.07 Å². The van der Waals surface area contributed by atoms with Gasteiger partial charge in [0.2, 0.25) is 0 Å². The summed E-state index contributed by atoms with van der Waals surface area (Å²) in [7, 11) is 0. The molecule has 0 aliphatic carbocycles. The Morgan fingerprint density at radius 3 is 2.34 bits per heavy atom. The average Bonchev–Trinajstić information content (AvgIpc) is 2.74. The van der Waals surface area contributed by atoms with Crippen LogP contribution >= 0.6 is 0 Å². The zero-order valence-corrected chi connectivity index (χ0v) is 16.5. The second-order valence-electron chi connectivity index (χ2n) is 6.56. The third-order valence-electron chi connectivity index (χ3n) is 4.42. The van der Waals surface area contributed by atoms with Crippen molar-refractivity contribution in [3.63, 3.8) is 0 Å².